The fourth-order valence-electron chi connectivity index (χ4n) is 3.60. The number of carbonyl (C=O) groups is 1. The van der Waals surface area contributed by atoms with E-state index in [-0.39, 0.29) is 5.56 Å². The predicted octanol–water partition coefficient (Wildman–Crippen LogP) is 4.40. The molecule has 0 aromatic heterocycles. The summed E-state index contributed by atoms with van der Waals surface area (Å²) in [6.07, 6.45) is 0. The molecular formula is C24H24FN3O. The molecule has 0 aliphatic carbocycles. The van der Waals surface area contributed by atoms with E-state index in [0.717, 1.165) is 32.7 Å². The highest BCUT2D eigenvalue weighted by Gasteiger charge is 2.17. The molecule has 1 saturated heterocycles. The molecule has 4 rings (SSSR count). The lowest BCUT2D eigenvalue weighted by atomic mass is 10.1. The molecule has 0 unspecified atom stereocenters. The maximum Gasteiger partial charge on any atom is 0.258 e. The van der Waals surface area contributed by atoms with Gasteiger partial charge >= 0.3 is 0 Å². The second-order valence-electron chi connectivity index (χ2n) is 7.23. The largest absolute Gasteiger partial charge is 0.369 e. The topological polar surface area (TPSA) is 35.6 Å². The maximum atomic E-state index is 13.7. The van der Waals surface area contributed by atoms with Crippen molar-refractivity contribution in [3.63, 3.8) is 0 Å². The maximum absolute atomic E-state index is 13.7. The fourth-order valence-corrected chi connectivity index (χ4v) is 3.60. The summed E-state index contributed by atoms with van der Waals surface area (Å²) in [6, 6.07) is 24.3. The van der Waals surface area contributed by atoms with E-state index in [1.54, 1.807) is 12.1 Å². The van der Waals surface area contributed by atoms with E-state index in [1.165, 1.54) is 23.4 Å². The highest BCUT2D eigenvalue weighted by atomic mass is 19.1. The van der Waals surface area contributed by atoms with Crippen molar-refractivity contribution in [1.82, 2.24) is 4.90 Å². The lowest BCUT2D eigenvalue weighted by molar-refractivity contribution is 0.102. The van der Waals surface area contributed by atoms with Crippen LogP contribution in [-0.2, 0) is 6.54 Å². The number of hydrogen-bond donors (Lipinski definition) is 1. The van der Waals surface area contributed by atoms with Crippen LogP contribution < -0.4 is 10.2 Å². The van der Waals surface area contributed by atoms with Crippen LogP contribution in [0.15, 0.2) is 78.9 Å². The van der Waals surface area contributed by atoms with E-state index in [0.29, 0.717) is 5.69 Å². The normalized spacial score (nSPS) is 14.6. The summed E-state index contributed by atoms with van der Waals surface area (Å²) in [5, 5.41) is 2.75. The summed E-state index contributed by atoms with van der Waals surface area (Å²) in [7, 11) is 0. The second-order valence-corrected chi connectivity index (χ2v) is 7.23. The molecule has 1 fully saturated rings. The summed E-state index contributed by atoms with van der Waals surface area (Å²) in [5.41, 5.74) is 3.19. The molecule has 0 atom stereocenters. The summed E-state index contributed by atoms with van der Waals surface area (Å²) < 4.78 is 13.7. The van der Waals surface area contributed by atoms with Gasteiger partial charge in [0, 0.05) is 44.1 Å². The Labute approximate surface area is 170 Å². The molecule has 29 heavy (non-hydrogen) atoms. The van der Waals surface area contributed by atoms with E-state index >= 15 is 0 Å². The molecule has 4 nitrogen and oxygen atoms in total. The Balaban J connectivity index is 1.30. The molecule has 148 valence electrons. The van der Waals surface area contributed by atoms with Gasteiger partial charge in [-0.15, -0.1) is 0 Å². The zero-order valence-electron chi connectivity index (χ0n) is 16.2. The van der Waals surface area contributed by atoms with E-state index in [1.807, 2.05) is 30.3 Å². The van der Waals surface area contributed by atoms with Crippen LogP contribution in [-0.4, -0.2) is 37.0 Å². The van der Waals surface area contributed by atoms with Gasteiger partial charge in [-0.1, -0.05) is 42.5 Å². The van der Waals surface area contributed by atoms with Crippen LogP contribution in [0.3, 0.4) is 0 Å². The highest BCUT2D eigenvalue weighted by molar-refractivity contribution is 6.04. The molecular weight excluding hydrogens is 365 g/mol. The van der Waals surface area contributed by atoms with Crippen molar-refractivity contribution in [3.05, 3.63) is 95.8 Å². The van der Waals surface area contributed by atoms with Gasteiger partial charge in [0.05, 0.1) is 5.56 Å². The molecule has 0 radical (unpaired) electrons. The average molecular weight is 389 g/mol. The molecule has 0 bridgehead atoms. The molecule has 1 N–H and O–H groups in total. The third kappa shape index (κ3) is 4.81. The quantitative estimate of drug-likeness (QED) is 0.703. The third-order valence-corrected chi connectivity index (χ3v) is 5.23. The molecule has 1 amide bonds. The number of rotatable bonds is 5. The van der Waals surface area contributed by atoms with Crippen molar-refractivity contribution in [2.24, 2.45) is 0 Å². The smallest absolute Gasteiger partial charge is 0.258 e. The Hall–Kier alpha value is -3.18. The monoisotopic (exact) mass is 389 g/mol. The number of piperazine rings is 1. The number of nitrogens with zero attached hydrogens (tertiary/aromatic N) is 2. The Bertz CT molecular complexity index is 951. The van der Waals surface area contributed by atoms with Gasteiger partial charge in [-0.05, 0) is 42.0 Å². The fraction of sp³-hybridized carbons (Fsp3) is 0.208. The van der Waals surface area contributed by atoms with Crippen molar-refractivity contribution >= 4 is 17.3 Å². The second kappa shape index (κ2) is 8.88. The number of hydrogen-bond acceptors (Lipinski definition) is 3. The highest BCUT2D eigenvalue weighted by Crippen LogP contribution is 2.18. The van der Waals surface area contributed by atoms with Crippen molar-refractivity contribution in [2.75, 3.05) is 36.4 Å². The van der Waals surface area contributed by atoms with Crippen LogP contribution in [0.1, 0.15) is 15.9 Å². The van der Waals surface area contributed by atoms with Crippen molar-refractivity contribution in [3.8, 4) is 0 Å². The van der Waals surface area contributed by atoms with Crippen LogP contribution in [0.5, 0.6) is 0 Å². The van der Waals surface area contributed by atoms with Crippen LogP contribution in [0.2, 0.25) is 0 Å². The molecule has 1 aliphatic heterocycles. The lowest BCUT2D eigenvalue weighted by Gasteiger charge is -2.36. The zero-order valence-corrected chi connectivity index (χ0v) is 16.2. The van der Waals surface area contributed by atoms with E-state index in [4.69, 9.17) is 0 Å². The summed E-state index contributed by atoms with van der Waals surface area (Å²) >= 11 is 0. The number of benzene rings is 3. The number of para-hydroxylation sites is 1. The molecule has 0 saturated carbocycles. The molecule has 1 heterocycles. The standard InChI is InChI=1S/C24H24FN3O/c25-23-9-5-4-8-22(23)24(29)26-20-12-10-19(11-13-20)18-27-14-16-28(17-15-27)21-6-2-1-3-7-21/h1-13H,14-18H2,(H,26,29). The first-order chi connectivity index (χ1) is 14.2. The first kappa shape index (κ1) is 19.2. The molecule has 3 aromatic rings. The number of amides is 1. The molecule has 1 aliphatic rings. The van der Waals surface area contributed by atoms with Gasteiger partial charge in [-0.25, -0.2) is 4.39 Å². The van der Waals surface area contributed by atoms with Gasteiger partial charge in [0.25, 0.3) is 5.91 Å². The average Bonchev–Trinajstić information content (AvgIpc) is 2.76. The first-order valence-electron chi connectivity index (χ1n) is 9.86. The van der Waals surface area contributed by atoms with Crippen LogP contribution in [0.4, 0.5) is 15.8 Å². The summed E-state index contributed by atoms with van der Waals surface area (Å²) in [5.74, 6) is -0.954. The van der Waals surface area contributed by atoms with E-state index in [9.17, 15) is 9.18 Å². The van der Waals surface area contributed by atoms with Gasteiger partial charge in [0.2, 0.25) is 0 Å². The molecule has 3 aromatic carbocycles. The lowest BCUT2D eigenvalue weighted by Crippen LogP contribution is -2.45. The number of anilines is 2. The van der Waals surface area contributed by atoms with Gasteiger partial charge in [-0.3, -0.25) is 9.69 Å². The van der Waals surface area contributed by atoms with Crippen molar-refractivity contribution in [2.45, 2.75) is 6.54 Å². The van der Waals surface area contributed by atoms with Gasteiger partial charge < -0.3 is 10.2 Å². The van der Waals surface area contributed by atoms with Crippen LogP contribution in [0.25, 0.3) is 0 Å². The van der Waals surface area contributed by atoms with Gasteiger partial charge in [-0.2, -0.15) is 0 Å². The van der Waals surface area contributed by atoms with Crippen LogP contribution in [0, 0.1) is 5.82 Å². The summed E-state index contributed by atoms with van der Waals surface area (Å²) in [4.78, 5) is 17.1. The van der Waals surface area contributed by atoms with E-state index < -0.39 is 11.7 Å². The number of nitrogens with one attached hydrogen (secondary N) is 1. The van der Waals surface area contributed by atoms with Gasteiger partial charge in [0.1, 0.15) is 5.82 Å². The molecule has 0 spiro atoms. The van der Waals surface area contributed by atoms with Gasteiger partial charge in [0.15, 0.2) is 0 Å². The third-order valence-electron chi connectivity index (χ3n) is 5.23. The van der Waals surface area contributed by atoms with Crippen molar-refractivity contribution < 1.29 is 9.18 Å². The Morgan fingerprint density at radius 2 is 1.48 bits per heavy atom. The SMILES string of the molecule is O=C(Nc1ccc(CN2CCN(c3ccccc3)CC2)cc1)c1ccccc1F. The Kier molecular flexibility index (Phi) is 5.86. The first-order valence-corrected chi connectivity index (χ1v) is 9.86. The molecule has 5 heteroatoms. The number of halogens is 1. The summed E-state index contributed by atoms with van der Waals surface area (Å²) in [6.45, 7) is 4.94. The zero-order chi connectivity index (χ0) is 20.1. The predicted molar refractivity (Wildman–Crippen MR) is 115 cm³/mol. The van der Waals surface area contributed by atoms with E-state index in [2.05, 4.69) is 39.4 Å². The Morgan fingerprint density at radius 1 is 0.828 bits per heavy atom. The number of carbonyl (C=O) groups excluding carboxylic acids is 1. The van der Waals surface area contributed by atoms with Crippen LogP contribution >= 0.6 is 0 Å². The minimum absolute atomic E-state index is 0.0489. The minimum Gasteiger partial charge on any atom is -0.369 e. The minimum atomic E-state index is -0.517. The van der Waals surface area contributed by atoms with Crippen molar-refractivity contribution in [1.29, 1.82) is 0 Å². The Morgan fingerprint density at radius 3 is 2.17 bits per heavy atom.